The molecule has 0 fully saturated rings. The zero-order valence-electron chi connectivity index (χ0n) is 17.0. The van der Waals surface area contributed by atoms with Crippen molar-refractivity contribution in [3.8, 4) is 22.9 Å². The first-order chi connectivity index (χ1) is 14.5. The number of thioether (sulfide) groups is 1. The molecule has 2 aromatic carbocycles. The highest BCUT2D eigenvalue weighted by molar-refractivity contribution is 7.99. The Morgan fingerprint density at radius 3 is 2.80 bits per heavy atom. The average molecular weight is 426 g/mol. The minimum absolute atomic E-state index is 0.165. The number of hydrogen-bond donors (Lipinski definition) is 2. The number of aryl methyl sites for hydroxylation is 1. The van der Waals surface area contributed by atoms with Gasteiger partial charge >= 0.3 is 5.16 Å². The summed E-state index contributed by atoms with van der Waals surface area (Å²) < 4.78 is 7.02. The molecule has 0 aliphatic carbocycles. The van der Waals surface area contributed by atoms with Crippen LogP contribution in [0.15, 0.2) is 52.7 Å². The van der Waals surface area contributed by atoms with Crippen molar-refractivity contribution in [1.82, 2.24) is 15.6 Å². The quantitative estimate of drug-likeness (QED) is 0.249. The van der Waals surface area contributed by atoms with Crippen molar-refractivity contribution in [2.24, 2.45) is 5.10 Å². The summed E-state index contributed by atoms with van der Waals surface area (Å²) >= 11 is 1.33. The molecule has 0 saturated carbocycles. The summed E-state index contributed by atoms with van der Waals surface area (Å²) in [7, 11) is 1.43. The average Bonchev–Trinajstić information content (AvgIpc) is 3.17. The van der Waals surface area contributed by atoms with Crippen molar-refractivity contribution in [2.75, 3.05) is 12.9 Å². The third kappa shape index (κ3) is 5.18. The number of aromatic amines is 1. The number of carbonyl (C=O) groups is 1. The van der Waals surface area contributed by atoms with Crippen molar-refractivity contribution in [3.05, 3.63) is 53.6 Å². The van der Waals surface area contributed by atoms with Gasteiger partial charge < -0.3 is 9.84 Å². The van der Waals surface area contributed by atoms with E-state index in [0.29, 0.717) is 5.56 Å². The van der Waals surface area contributed by atoms with Crippen LogP contribution in [0.5, 0.6) is 11.5 Å². The second-order valence-corrected chi connectivity index (χ2v) is 7.40. The summed E-state index contributed by atoms with van der Waals surface area (Å²) in [5.41, 5.74) is 5.36. The summed E-state index contributed by atoms with van der Waals surface area (Å²) in [6.07, 6.45) is 1.46. The van der Waals surface area contributed by atoms with E-state index in [2.05, 4.69) is 32.9 Å². The third-order valence-electron chi connectivity index (χ3n) is 4.32. The third-order valence-corrected chi connectivity index (χ3v) is 5.30. The molecule has 1 amide bonds. The van der Waals surface area contributed by atoms with E-state index in [-0.39, 0.29) is 23.2 Å². The number of rotatable bonds is 8. The molecule has 0 radical (unpaired) electrons. The smallest absolute Gasteiger partial charge is 0.337 e. The predicted molar refractivity (Wildman–Crippen MR) is 114 cm³/mol. The molecule has 3 aromatic rings. The van der Waals surface area contributed by atoms with Crippen molar-refractivity contribution < 1.29 is 19.2 Å². The van der Waals surface area contributed by atoms with E-state index < -0.39 is 0 Å². The van der Waals surface area contributed by atoms with Gasteiger partial charge in [-0.15, -0.1) is 5.10 Å². The molecule has 156 valence electrons. The lowest BCUT2D eigenvalue weighted by atomic mass is 10.1. The Hall–Kier alpha value is -3.33. The fourth-order valence-electron chi connectivity index (χ4n) is 2.76. The number of nitrogens with one attached hydrogen (secondary N) is 2. The Bertz CT molecular complexity index is 1050. The van der Waals surface area contributed by atoms with E-state index in [1.165, 1.54) is 36.7 Å². The van der Waals surface area contributed by atoms with Crippen LogP contribution in [0.2, 0.25) is 0 Å². The molecule has 1 heterocycles. The zero-order valence-corrected chi connectivity index (χ0v) is 17.8. The fourth-order valence-corrected chi connectivity index (χ4v) is 3.57. The molecule has 2 N–H and O–H groups in total. The first-order valence-electron chi connectivity index (χ1n) is 9.36. The van der Waals surface area contributed by atoms with Gasteiger partial charge in [0.25, 0.3) is 11.7 Å². The first-order valence-corrected chi connectivity index (χ1v) is 10.4. The Labute approximate surface area is 179 Å². The van der Waals surface area contributed by atoms with E-state index in [1.807, 2.05) is 30.5 Å². The Kier molecular flexibility index (Phi) is 7.08. The maximum Gasteiger partial charge on any atom is 0.337 e. The van der Waals surface area contributed by atoms with Gasteiger partial charge in [0.15, 0.2) is 0 Å². The monoisotopic (exact) mass is 425 g/mol. The van der Waals surface area contributed by atoms with E-state index in [9.17, 15) is 9.90 Å². The molecule has 0 unspecified atom stereocenters. The van der Waals surface area contributed by atoms with Crippen LogP contribution in [0.3, 0.4) is 0 Å². The number of aromatic nitrogens is 3. The van der Waals surface area contributed by atoms with E-state index >= 15 is 0 Å². The lowest BCUT2D eigenvalue weighted by Gasteiger charge is -2.11. The van der Waals surface area contributed by atoms with Crippen LogP contribution in [-0.4, -0.2) is 35.2 Å². The van der Waals surface area contributed by atoms with Gasteiger partial charge in [-0.25, -0.2) is 9.99 Å². The highest BCUT2D eigenvalue weighted by atomic mass is 32.2. The Morgan fingerprint density at radius 1 is 1.33 bits per heavy atom. The number of hydrazone groups is 1. The first kappa shape index (κ1) is 21.4. The van der Waals surface area contributed by atoms with Crippen LogP contribution in [0.4, 0.5) is 0 Å². The number of nitrogens with zero attached hydrogens (tertiary/aromatic N) is 3. The van der Waals surface area contributed by atoms with Crippen molar-refractivity contribution in [3.63, 3.8) is 0 Å². The van der Waals surface area contributed by atoms with Gasteiger partial charge in [-0.3, -0.25) is 4.79 Å². The molecular formula is C21H23N5O3S. The van der Waals surface area contributed by atoms with Crippen LogP contribution >= 0.6 is 11.8 Å². The molecule has 3 rings (SSSR count). The molecular weight excluding hydrogens is 402 g/mol. The summed E-state index contributed by atoms with van der Waals surface area (Å²) in [6.45, 7) is 4.80. The minimum Gasteiger partial charge on any atom is -0.870 e. The molecule has 1 aromatic heterocycles. The second-order valence-electron chi connectivity index (χ2n) is 6.46. The van der Waals surface area contributed by atoms with E-state index in [1.54, 1.807) is 12.1 Å². The molecule has 8 nitrogen and oxygen atoms in total. The van der Waals surface area contributed by atoms with Gasteiger partial charge in [0.2, 0.25) is 0 Å². The van der Waals surface area contributed by atoms with Crippen molar-refractivity contribution >= 4 is 23.9 Å². The number of amides is 1. The van der Waals surface area contributed by atoms with Crippen LogP contribution in [0.1, 0.15) is 18.1 Å². The van der Waals surface area contributed by atoms with Crippen LogP contribution in [0, 0.1) is 6.92 Å². The molecule has 0 saturated heterocycles. The Morgan fingerprint density at radius 2 is 2.10 bits per heavy atom. The van der Waals surface area contributed by atoms with Crippen molar-refractivity contribution in [1.29, 1.82) is 0 Å². The number of ether oxygens (including phenoxy) is 1. The van der Waals surface area contributed by atoms with E-state index in [4.69, 9.17) is 4.74 Å². The second kappa shape index (κ2) is 9.93. The minimum atomic E-state index is -0.258. The SMILES string of the molecule is CC[n+]1c(SCC(=O)NN=Cc2ccc([O-])c(OC)c2)n[nH]c1-c1ccc(C)cc1. The molecule has 9 heteroatoms. The van der Waals surface area contributed by atoms with E-state index in [0.717, 1.165) is 23.1 Å². The number of benzene rings is 2. The fraction of sp³-hybridized carbons (Fsp3) is 0.238. The Balaban J connectivity index is 1.59. The van der Waals surface area contributed by atoms with Gasteiger partial charge in [-0.05, 0) is 49.4 Å². The highest BCUT2D eigenvalue weighted by Gasteiger charge is 2.21. The normalized spacial score (nSPS) is 11.0. The van der Waals surface area contributed by atoms with Gasteiger partial charge in [0.05, 0.1) is 36.3 Å². The maximum absolute atomic E-state index is 12.1. The molecule has 0 aliphatic heterocycles. The molecule has 0 aliphatic rings. The maximum atomic E-state index is 12.1. The molecule has 0 spiro atoms. The predicted octanol–water partition coefficient (Wildman–Crippen LogP) is 2.02. The van der Waals surface area contributed by atoms with Crippen LogP contribution < -0.4 is 19.8 Å². The van der Waals surface area contributed by atoms with Crippen LogP contribution in [0.25, 0.3) is 11.4 Å². The molecule has 0 atom stereocenters. The number of hydrogen-bond acceptors (Lipinski definition) is 6. The lowest BCUT2D eigenvalue weighted by Crippen LogP contribution is -2.36. The zero-order chi connectivity index (χ0) is 21.5. The van der Waals surface area contributed by atoms with Crippen molar-refractivity contribution in [2.45, 2.75) is 25.5 Å². The van der Waals surface area contributed by atoms with Gasteiger partial charge in [0, 0.05) is 0 Å². The van der Waals surface area contributed by atoms with Crippen LogP contribution in [-0.2, 0) is 11.3 Å². The molecule has 0 bridgehead atoms. The van der Waals surface area contributed by atoms with Gasteiger partial charge in [-0.1, -0.05) is 35.6 Å². The topological polar surface area (TPSA) is 106 Å². The van der Waals surface area contributed by atoms with Gasteiger partial charge in [-0.2, -0.15) is 5.10 Å². The largest absolute Gasteiger partial charge is 0.870 e. The number of methoxy groups -OCH3 is 1. The molecule has 30 heavy (non-hydrogen) atoms. The highest BCUT2D eigenvalue weighted by Crippen LogP contribution is 2.22. The summed E-state index contributed by atoms with van der Waals surface area (Å²) in [4.78, 5) is 12.1. The summed E-state index contributed by atoms with van der Waals surface area (Å²) in [5.74, 6) is 0.829. The standard InChI is InChI=1S/C21H23N5O3S/c1-4-26-20(16-8-5-14(2)6-9-16)24-25-21(26)30-13-19(28)23-22-12-15-7-10-17(27)18(11-15)29-3/h5-12H,4,13H2,1-3H3,(H2,22,23,27,28). The van der Waals surface area contributed by atoms with Gasteiger partial charge in [0.1, 0.15) is 5.75 Å². The lowest BCUT2D eigenvalue weighted by molar-refractivity contribution is -0.719. The number of H-pyrrole nitrogens is 1. The summed E-state index contributed by atoms with van der Waals surface area (Å²) in [6, 6.07) is 12.7. The number of carbonyl (C=O) groups excluding carboxylic acids is 1. The summed E-state index contributed by atoms with van der Waals surface area (Å²) in [5, 5.41) is 23.6.